The number of aromatic amines is 2. The van der Waals surface area contributed by atoms with Crippen molar-refractivity contribution in [3.63, 3.8) is 0 Å². The molecule has 3 aliphatic rings. The Balaban J connectivity index is 0.000000220. The van der Waals surface area contributed by atoms with Crippen LogP contribution in [0.15, 0.2) is 126 Å². The normalized spacial score (nSPS) is 18.0. The Labute approximate surface area is 534 Å². The summed E-state index contributed by atoms with van der Waals surface area (Å²) in [5.74, 6) is -0.486. The summed E-state index contributed by atoms with van der Waals surface area (Å²) in [7, 11) is 0. The lowest BCUT2D eigenvalue weighted by Crippen LogP contribution is -2.52. The molecule has 2 aliphatic carbocycles. The van der Waals surface area contributed by atoms with Crippen molar-refractivity contribution in [2.24, 2.45) is 29.4 Å². The van der Waals surface area contributed by atoms with Gasteiger partial charge in [-0.2, -0.15) is 0 Å². The Morgan fingerprint density at radius 2 is 1.25 bits per heavy atom. The maximum atomic E-state index is 14.1. The van der Waals surface area contributed by atoms with Gasteiger partial charge in [0.25, 0.3) is 5.91 Å². The molecule has 0 unspecified atom stereocenters. The quantitative estimate of drug-likeness (QED) is 0.0357. The minimum Gasteiger partial charge on any atom is -0.465 e. The van der Waals surface area contributed by atoms with E-state index in [0.717, 1.165) is 63.5 Å². The zero-order valence-electron chi connectivity index (χ0n) is 51.0. The van der Waals surface area contributed by atoms with Gasteiger partial charge >= 0.3 is 12.2 Å². The van der Waals surface area contributed by atoms with Crippen molar-refractivity contribution in [2.75, 3.05) is 49.6 Å². The standard InChI is InChI=1S/C36H40N8O6.C29H36BrN7O4/c45-33(26-9-7-23(8-10-26)22-37-36(48)49)39-31(34(46)38-30-13-11-25(12-14-30)32-40-42-43-41-32)20-24-3-1-4-27(19-24)28-5-2-6-29(21-28)35(47)44-15-17-50-18-16-44;1-29(2,3)41-28(40)32-17-18-7-9-21(10-8-18)27(39)37(23-13-11-20(12-14-23)26-33-35-36-34-26)24(25(31)38)16-19-5-4-6-22(30)15-19/h1-6,11-14,19,21,23,26,31,37H,7-10,15-18,20,22H2,(H,38,46)(H,39,45)(H,48,49)(H,40,41,42,43);4-6,11-15,18,21,24H,7-10,16-17H2,1-3H3,(H2,31,38)(H,32,40)(H,33,34,35,36)/t23-,26-,31-;18-,21-,24-/m00/s1. The minimum atomic E-state index is -1.05. The number of halogens is 1. The SMILES string of the molecule is CC(C)(C)OC(=O)NC[C@H]1CC[C@H](C(=O)N(c2ccc(-c3nnn[nH]3)cc2)[C@@H](Cc2cccc(Br)c2)C(N)=O)CC1.O=C(O)NC[C@H]1CC[C@H](C(=O)N[C@@H](Cc2cccc(-c3cccc(C(=O)N4CCOCC4)c3)c2)C(=O)Nc2ccc(-c3nnn[nH]3)cc2)CC1. The highest BCUT2D eigenvalue weighted by molar-refractivity contribution is 9.10. The molecule has 10 rings (SSSR count). The van der Waals surface area contributed by atoms with Gasteiger partial charge in [-0.05, 0) is 200 Å². The molecule has 2 aromatic heterocycles. The van der Waals surface area contributed by atoms with E-state index in [2.05, 4.69) is 78.4 Å². The summed E-state index contributed by atoms with van der Waals surface area (Å²) in [6, 6.07) is 35.3. The number of nitrogens with one attached hydrogen (secondary N) is 6. The first-order valence-electron chi connectivity index (χ1n) is 30.5. The van der Waals surface area contributed by atoms with Gasteiger partial charge < -0.3 is 46.5 Å². The van der Waals surface area contributed by atoms with Crippen LogP contribution in [0.5, 0.6) is 0 Å². The molecule has 26 heteroatoms. The molecule has 9 N–H and O–H groups in total. The number of carbonyl (C=O) groups excluding carboxylic acids is 6. The van der Waals surface area contributed by atoms with Crippen molar-refractivity contribution in [1.82, 2.24) is 62.1 Å². The highest BCUT2D eigenvalue weighted by atomic mass is 79.9. The summed E-state index contributed by atoms with van der Waals surface area (Å²) in [5, 5.41) is 47.9. The van der Waals surface area contributed by atoms with Crippen LogP contribution in [0.2, 0.25) is 0 Å². The lowest BCUT2D eigenvalue weighted by atomic mass is 9.81. The predicted octanol–water partition coefficient (Wildman–Crippen LogP) is 8.14. The fourth-order valence-electron chi connectivity index (χ4n) is 11.6. The Morgan fingerprint density at radius 1 is 0.692 bits per heavy atom. The molecule has 3 heterocycles. The second kappa shape index (κ2) is 31.3. The summed E-state index contributed by atoms with van der Waals surface area (Å²) >= 11 is 3.48. The van der Waals surface area contributed by atoms with Gasteiger partial charge in [0, 0.05) is 83.4 Å². The van der Waals surface area contributed by atoms with E-state index in [1.807, 2.05) is 93.6 Å². The van der Waals surface area contributed by atoms with Crippen molar-refractivity contribution < 1.29 is 48.1 Å². The summed E-state index contributed by atoms with van der Waals surface area (Å²) in [6.07, 6.45) is 4.48. The largest absolute Gasteiger partial charge is 0.465 e. The first-order valence-corrected chi connectivity index (χ1v) is 31.3. The highest BCUT2D eigenvalue weighted by Crippen LogP contribution is 2.34. The maximum Gasteiger partial charge on any atom is 0.407 e. The van der Waals surface area contributed by atoms with E-state index in [0.29, 0.717) is 93.7 Å². The van der Waals surface area contributed by atoms with Crippen LogP contribution in [-0.4, -0.2) is 150 Å². The molecule has 1 aliphatic heterocycles. The number of aromatic nitrogens is 8. The number of ether oxygens (including phenoxy) is 2. The number of morpholine rings is 1. The number of nitrogens with two attached hydrogens (primary N) is 1. The number of anilines is 2. The number of H-pyrrole nitrogens is 2. The van der Waals surface area contributed by atoms with Crippen LogP contribution in [0.3, 0.4) is 0 Å². The van der Waals surface area contributed by atoms with Crippen molar-refractivity contribution >= 4 is 69.0 Å². The lowest BCUT2D eigenvalue weighted by molar-refractivity contribution is -0.130. The molecule has 0 spiro atoms. The number of hydrogen-bond donors (Lipinski definition) is 8. The topological polar surface area (TPSA) is 348 Å². The van der Waals surface area contributed by atoms with E-state index in [4.69, 9.17) is 20.3 Å². The van der Waals surface area contributed by atoms with Crippen LogP contribution < -0.4 is 31.9 Å². The van der Waals surface area contributed by atoms with Crippen molar-refractivity contribution in [3.8, 4) is 33.9 Å². The van der Waals surface area contributed by atoms with E-state index >= 15 is 0 Å². The van der Waals surface area contributed by atoms with Gasteiger partial charge in [-0.3, -0.25) is 28.9 Å². The van der Waals surface area contributed by atoms with Crippen LogP contribution >= 0.6 is 15.9 Å². The Bertz CT molecular complexity index is 3580. The van der Waals surface area contributed by atoms with Crippen LogP contribution in [0.1, 0.15) is 93.6 Å². The van der Waals surface area contributed by atoms with Crippen molar-refractivity contribution in [3.05, 3.63) is 142 Å². The average molecular weight is 1310 g/mol. The lowest BCUT2D eigenvalue weighted by Gasteiger charge is -2.36. The molecule has 7 aromatic rings. The second-order valence-electron chi connectivity index (χ2n) is 24.0. The number of nitrogens with zero attached hydrogens (tertiary/aromatic N) is 8. The molecule has 2 atom stereocenters. The van der Waals surface area contributed by atoms with Gasteiger partial charge in [-0.15, -0.1) is 10.2 Å². The van der Waals surface area contributed by atoms with Crippen LogP contribution in [0.25, 0.3) is 33.9 Å². The molecule has 478 valence electrons. The number of carboxylic acid groups (broad SMARTS) is 1. The smallest absolute Gasteiger partial charge is 0.407 e. The zero-order valence-corrected chi connectivity index (χ0v) is 52.6. The zero-order chi connectivity index (χ0) is 64.4. The fraction of sp³-hybridized carbons (Fsp3) is 0.400. The second-order valence-corrected chi connectivity index (χ2v) is 24.9. The number of hydrogen-bond acceptors (Lipinski definition) is 15. The first kappa shape index (κ1) is 66.0. The van der Waals surface area contributed by atoms with Crippen LogP contribution in [0.4, 0.5) is 21.0 Å². The van der Waals surface area contributed by atoms with E-state index in [1.54, 1.807) is 58.3 Å². The number of tetrazole rings is 2. The Hall–Kier alpha value is -9.43. The van der Waals surface area contributed by atoms with Gasteiger partial charge in [0.05, 0.1) is 13.2 Å². The van der Waals surface area contributed by atoms with Gasteiger partial charge in [0.15, 0.2) is 11.6 Å². The number of rotatable bonds is 20. The third kappa shape index (κ3) is 19.1. The summed E-state index contributed by atoms with van der Waals surface area (Å²) < 4.78 is 11.6. The average Bonchev–Trinajstić information content (AvgIpc) is 2.19. The number of primary amides is 1. The number of alkyl carbamates (subject to hydrolysis) is 1. The molecule has 91 heavy (non-hydrogen) atoms. The third-order valence-electron chi connectivity index (χ3n) is 16.4. The molecular weight excluding hydrogens is 1230 g/mol. The van der Waals surface area contributed by atoms with E-state index in [-0.39, 0.29) is 60.1 Å². The third-order valence-corrected chi connectivity index (χ3v) is 16.9. The van der Waals surface area contributed by atoms with Gasteiger partial charge in [0.1, 0.15) is 17.7 Å². The number of benzene rings is 5. The summed E-state index contributed by atoms with van der Waals surface area (Å²) in [6.45, 7) is 8.48. The molecule has 5 aromatic carbocycles. The molecule has 25 nitrogen and oxygen atoms in total. The van der Waals surface area contributed by atoms with Gasteiger partial charge in [-0.25, -0.2) is 19.8 Å². The number of amides is 7. The van der Waals surface area contributed by atoms with E-state index in [1.165, 1.54) is 0 Å². The van der Waals surface area contributed by atoms with Gasteiger partial charge in [-0.1, -0.05) is 64.5 Å². The molecule has 1 saturated heterocycles. The Morgan fingerprint density at radius 3 is 1.82 bits per heavy atom. The van der Waals surface area contributed by atoms with E-state index < -0.39 is 35.8 Å². The first-order chi connectivity index (χ1) is 43.8. The predicted molar refractivity (Wildman–Crippen MR) is 342 cm³/mol. The molecule has 0 bridgehead atoms. The van der Waals surface area contributed by atoms with E-state index in [9.17, 15) is 33.6 Å². The van der Waals surface area contributed by atoms with Crippen molar-refractivity contribution in [2.45, 2.75) is 103 Å². The molecule has 3 fully saturated rings. The highest BCUT2D eigenvalue weighted by Gasteiger charge is 2.37. The Kier molecular flexibility index (Phi) is 22.7. The monoisotopic (exact) mass is 1310 g/mol. The van der Waals surface area contributed by atoms with Crippen LogP contribution in [-0.2, 0) is 41.5 Å². The number of carbonyl (C=O) groups is 7. The fourth-order valence-corrected chi connectivity index (χ4v) is 12.0. The van der Waals surface area contributed by atoms with Crippen LogP contribution in [0, 0.1) is 23.7 Å². The molecule has 2 saturated carbocycles. The summed E-state index contributed by atoms with van der Waals surface area (Å²) in [4.78, 5) is 93.8. The van der Waals surface area contributed by atoms with Crippen molar-refractivity contribution in [1.29, 1.82) is 0 Å². The maximum absolute atomic E-state index is 14.1. The summed E-state index contributed by atoms with van der Waals surface area (Å²) in [5.41, 5.74) is 12.1. The minimum absolute atomic E-state index is 0.0385. The molecule has 0 radical (unpaired) electrons. The molecule has 7 amide bonds. The van der Waals surface area contributed by atoms with Gasteiger partial charge in [0.2, 0.25) is 23.6 Å². The molecular formula is C65H76BrN15O10.